The molecule has 0 spiro atoms. The predicted octanol–water partition coefficient (Wildman–Crippen LogP) is 3.02. The molecule has 0 bridgehead atoms. The summed E-state index contributed by atoms with van der Waals surface area (Å²) in [4.78, 5) is 0. The minimum Gasteiger partial charge on any atom is -0.473 e. The van der Waals surface area contributed by atoms with E-state index < -0.39 is 0 Å². The summed E-state index contributed by atoms with van der Waals surface area (Å²) in [5.74, 6) is 0. The number of ether oxygens (including phenoxy) is 1. The Morgan fingerprint density at radius 1 is 1.20 bits per heavy atom. The van der Waals surface area contributed by atoms with Crippen LogP contribution in [0.25, 0.3) is 0 Å². The highest BCUT2D eigenvalue weighted by Crippen LogP contribution is 1.84. The van der Waals surface area contributed by atoms with Gasteiger partial charge in [-0.05, 0) is 25.5 Å². The Morgan fingerprint density at radius 2 is 2.00 bits per heavy atom. The fraction of sp³-hybridized carbons (Fsp3) is 0.333. The molecule has 0 rings (SSSR count). The predicted molar refractivity (Wildman–Crippen MR) is 44.5 cm³/mol. The van der Waals surface area contributed by atoms with Gasteiger partial charge in [0.2, 0.25) is 0 Å². The van der Waals surface area contributed by atoms with Crippen LogP contribution in [-0.2, 0) is 4.74 Å². The van der Waals surface area contributed by atoms with Crippen LogP contribution < -0.4 is 0 Å². The summed E-state index contributed by atoms with van der Waals surface area (Å²) in [6.07, 6.45) is 12.0. The van der Waals surface area contributed by atoms with E-state index in [1.165, 1.54) is 0 Å². The molecule has 10 heavy (non-hydrogen) atoms. The van der Waals surface area contributed by atoms with Gasteiger partial charge in [0.25, 0.3) is 0 Å². The molecule has 56 valence electrons. The van der Waals surface area contributed by atoms with Gasteiger partial charge in [0, 0.05) is 0 Å². The lowest BCUT2D eigenvalue weighted by atomic mass is 10.5. The van der Waals surface area contributed by atoms with Crippen LogP contribution in [0, 0.1) is 0 Å². The second-order valence-corrected chi connectivity index (χ2v) is 1.77. The molecular weight excluding hydrogens is 124 g/mol. The van der Waals surface area contributed by atoms with Crippen molar-refractivity contribution in [2.75, 3.05) is 0 Å². The molecule has 0 aliphatic rings. The van der Waals surface area contributed by atoms with E-state index in [2.05, 4.69) is 6.92 Å². The first kappa shape index (κ1) is 9.02. The van der Waals surface area contributed by atoms with E-state index in [1.54, 1.807) is 12.5 Å². The van der Waals surface area contributed by atoms with Crippen molar-refractivity contribution in [1.29, 1.82) is 0 Å². The van der Waals surface area contributed by atoms with Crippen LogP contribution in [0.15, 0.2) is 36.8 Å². The van der Waals surface area contributed by atoms with E-state index >= 15 is 0 Å². The zero-order valence-electron chi connectivity index (χ0n) is 6.58. The fourth-order valence-electron chi connectivity index (χ4n) is 0.399. The molecule has 0 aliphatic heterocycles. The summed E-state index contributed by atoms with van der Waals surface area (Å²) in [5.41, 5.74) is 0. The minimum absolute atomic E-state index is 1.01. The zero-order valence-corrected chi connectivity index (χ0v) is 6.58. The summed E-state index contributed by atoms with van der Waals surface area (Å²) < 4.78 is 4.96. The van der Waals surface area contributed by atoms with Gasteiger partial charge in [-0.25, -0.2) is 0 Å². The van der Waals surface area contributed by atoms with Crippen LogP contribution in [0.1, 0.15) is 20.3 Å². The highest BCUT2D eigenvalue weighted by atomic mass is 16.5. The molecule has 0 heterocycles. The molecule has 0 N–H and O–H groups in total. The van der Waals surface area contributed by atoms with E-state index in [-0.39, 0.29) is 0 Å². The summed E-state index contributed by atoms with van der Waals surface area (Å²) in [6, 6.07) is 0. The summed E-state index contributed by atoms with van der Waals surface area (Å²) >= 11 is 0. The lowest BCUT2D eigenvalue weighted by molar-refractivity contribution is 0.401. The van der Waals surface area contributed by atoms with Crippen molar-refractivity contribution in [3.8, 4) is 0 Å². The van der Waals surface area contributed by atoms with Gasteiger partial charge in [-0.1, -0.05) is 19.1 Å². The average Bonchev–Trinajstić information content (AvgIpc) is 1.97. The monoisotopic (exact) mass is 138 g/mol. The van der Waals surface area contributed by atoms with Crippen LogP contribution in [0.4, 0.5) is 0 Å². The van der Waals surface area contributed by atoms with Crippen LogP contribution in [-0.4, -0.2) is 0 Å². The third-order valence-electron chi connectivity index (χ3n) is 0.871. The molecule has 1 nitrogen and oxygen atoms in total. The molecule has 0 unspecified atom stereocenters. The number of hydrogen-bond donors (Lipinski definition) is 0. The standard InChI is InChI=1S/C9H14O/c1-3-5-7-9-10-8-6-4-2/h3,5-9H,4H2,1-2H3. The van der Waals surface area contributed by atoms with Gasteiger partial charge in [0.05, 0.1) is 12.5 Å². The van der Waals surface area contributed by atoms with Crippen molar-refractivity contribution in [1.82, 2.24) is 0 Å². The van der Waals surface area contributed by atoms with E-state index in [9.17, 15) is 0 Å². The summed E-state index contributed by atoms with van der Waals surface area (Å²) in [6.45, 7) is 4.03. The second-order valence-electron chi connectivity index (χ2n) is 1.77. The maximum absolute atomic E-state index is 4.96. The third kappa shape index (κ3) is 7.02. The van der Waals surface area contributed by atoms with Gasteiger partial charge in [-0.3, -0.25) is 0 Å². The molecule has 0 amide bonds. The molecular formula is C9H14O. The zero-order chi connectivity index (χ0) is 7.66. The molecule has 0 aliphatic carbocycles. The third-order valence-corrected chi connectivity index (χ3v) is 0.871. The van der Waals surface area contributed by atoms with Gasteiger partial charge in [0.1, 0.15) is 0 Å². The van der Waals surface area contributed by atoms with Gasteiger partial charge in [-0.15, -0.1) is 0 Å². The Bertz CT molecular complexity index is 132. The smallest absolute Gasteiger partial charge is 0.0901 e. The minimum atomic E-state index is 1.01. The van der Waals surface area contributed by atoms with E-state index in [0.717, 1.165) is 6.42 Å². The molecule has 0 atom stereocenters. The van der Waals surface area contributed by atoms with Gasteiger partial charge >= 0.3 is 0 Å². The first-order valence-corrected chi connectivity index (χ1v) is 3.50. The number of allylic oxidation sites excluding steroid dienone is 4. The molecule has 0 aromatic rings. The van der Waals surface area contributed by atoms with Crippen molar-refractivity contribution >= 4 is 0 Å². The van der Waals surface area contributed by atoms with E-state index in [4.69, 9.17) is 4.74 Å². The van der Waals surface area contributed by atoms with Crippen LogP contribution in [0.5, 0.6) is 0 Å². The SMILES string of the molecule is CC=CC=COC=CCC. The van der Waals surface area contributed by atoms with Crippen molar-refractivity contribution in [2.45, 2.75) is 20.3 Å². The van der Waals surface area contributed by atoms with Crippen molar-refractivity contribution < 1.29 is 4.74 Å². The normalized spacial score (nSPS) is 12.2. The highest BCUT2D eigenvalue weighted by molar-refractivity contribution is 4.98. The molecule has 0 aromatic heterocycles. The lowest BCUT2D eigenvalue weighted by Crippen LogP contribution is -1.63. The quantitative estimate of drug-likeness (QED) is 0.428. The molecule has 0 radical (unpaired) electrons. The van der Waals surface area contributed by atoms with Crippen LogP contribution in [0.2, 0.25) is 0 Å². The molecule has 0 aromatic carbocycles. The van der Waals surface area contributed by atoms with Crippen molar-refractivity contribution in [3.05, 3.63) is 36.8 Å². The van der Waals surface area contributed by atoms with Gasteiger partial charge in [0.15, 0.2) is 0 Å². The Morgan fingerprint density at radius 3 is 2.60 bits per heavy atom. The Labute approximate surface area is 62.7 Å². The molecule has 0 saturated heterocycles. The molecule has 0 fully saturated rings. The maximum atomic E-state index is 4.96. The maximum Gasteiger partial charge on any atom is 0.0901 e. The van der Waals surface area contributed by atoms with E-state index in [1.807, 2.05) is 31.2 Å². The van der Waals surface area contributed by atoms with Crippen LogP contribution in [0.3, 0.4) is 0 Å². The Balaban J connectivity index is 3.26. The molecule has 0 saturated carbocycles. The van der Waals surface area contributed by atoms with Crippen molar-refractivity contribution in [3.63, 3.8) is 0 Å². The Kier molecular flexibility index (Phi) is 7.23. The van der Waals surface area contributed by atoms with Gasteiger partial charge in [-0.2, -0.15) is 0 Å². The highest BCUT2D eigenvalue weighted by Gasteiger charge is 1.65. The topological polar surface area (TPSA) is 9.23 Å². The van der Waals surface area contributed by atoms with Gasteiger partial charge < -0.3 is 4.74 Å². The Hall–Kier alpha value is -0.980. The molecule has 1 heteroatoms. The second kappa shape index (κ2) is 8.02. The number of hydrogen-bond acceptors (Lipinski definition) is 1. The fourth-order valence-corrected chi connectivity index (χ4v) is 0.399. The number of rotatable bonds is 4. The van der Waals surface area contributed by atoms with Crippen LogP contribution >= 0.6 is 0 Å². The largest absolute Gasteiger partial charge is 0.473 e. The van der Waals surface area contributed by atoms with E-state index in [0.29, 0.717) is 0 Å². The lowest BCUT2D eigenvalue weighted by Gasteiger charge is -1.85. The summed E-state index contributed by atoms with van der Waals surface area (Å²) in [5, 5.41) is 0. The summed E-state index contributed by atoms with van der Waals surface area (Å²) in [7, 11) is 0. The first-order valence-electron chi connectivity index (χ1n) is 3.50. The first-order chi connectivity index (χ1) is 4.91. The van der Waals surface area contributed by atoms with Crippen molar-refractivity contribution in [2.24, 2.45) is 0 Å². The average molecular weight is 138 g/mol.